The van der Waals surface area contributed by atoms with E-state index >= 15 is 0 Å². The SMILES string of the molecule is Cc1ccccc1/C=C/C(=O)O[C@@H](C)c1nc2sc(C)c(C)c2c(=O)[nH]1. The predicted molar refractivity (Wildman–Crippen MR) is 104 cm³/mol. The van der Waals surface area contributed by atoms with E-state index in [1.807, 2.05) is 45.0 Å². The van der Waals surface area contributed by atoms with Gasteiger partial charge in [-0.25, -0.2) is 9.78 Å². The fourth-order valence-corrected chi connectivity index (χ4v) is 3.70. The molecule has 26 heavy (non-hydrogen) atoms. The Morgan fingerprint density at radius 2 is 2.00 bits per heavy atom. The van der Waals surface area contributed by atoms with Gasteiger partial charge in [-0.2, -0.15) is 0 Å². The van der Waals surface area contributed by atoms with Crippen LogP contribution >= 0.6 is 11.3 Å². The van der Waals surface area contributed by atoms with Crippen LogP contribution in [0, 0.1) is 20.8 Å². The van der Waals surface area contributed by atoms with E-state index in [1.165, 1.54) is 17.4 Å². The van der Waals surface area contributed by atoms with E-state index in [1.54, 1.807) is 13.0 Å². The first-order chi connectivity index (χ1) is 12.4. The standard InChI is InChI=1S/C20H20N2O3S/c1-11-7-5-6-8-15(11)9-10-16(23)25-13(3)18-21-19(24)17-12(2)14(4)26-20(17)22-18/h5-10,13H,1-4H3,(H,21,22,24)/b10-9+/t13-/m0/s1. The predicted octanol–water partition coefficient (Wildman–Crippen LogP) is 4.23. The van der Waals surface area contributed by atoms with Crippen LogP contribution in [0.1, 0.15) is 40.4 Å². The number of aryl methyl sites for hydroxylation is 3. The number of nitrogens with zero attached hydrogens (tertiary/aromatic N) is 1. The van der Waals surface area contributed by atoms with Crippen LogP contribution < -0.4 is 5.56 Å². The summed E-state index contributed by atoms with van der Waals surface area (Å²) in [6.07, 6.45) is 2.45. The Morgan fingerprint density at radius 1 is 1.27 bits per heavy atom. The summed E-state index contributed by atoms with van der Waals surface area (Å²) in [6.45, 7) is 7.53. The Hall–Kier alpha value is -2.73. The van der Waals surface area contributed by atoms with Crippen molar-refractivity contribution in [3.8, 4) is 0 Å². The second-order valence-corrected chi connectivity index (χ2v) is 7.39. The number of thiophene rings is 1. The van der Waals surface area contributed by atoms with E-state index in [0.29, 0.717) is 16.0 Å². The largest absolute Gasteiger partial charge is 0.451 e. The molecule has 0 aliphatic carbocycles. The summed E-state index contributed by atoms with van der Waals surface area (Å²) >= 11 is 1.47. The molecule has 0 fully saturated rings. The molecule has 0 saturated heterocycles. The van der Waals surface area contributed by atoms with Crippen LogP contribution in [0.25, 0.3) is 16.3 Å². The Labute approximate surface area is 155 Å². The van der Waals surface area contributed by atoms with Crippen molar-refractivity contribution in [3.63, 3.8) is 0 Å². The second kappa shape index (κ2) is 7.25. The third kappa shape index (κ3) is 3.60. The monoisotopic (exact) mass is 368 g/mol. The summed E-state index contributed by atoms with van der Waals surface area (Å²) in [5.74, 6) is -0.136. The van der Waals surface area contributed by atoms with E-state index in [0.717, 1.165) is 21.6 Å². The quantitative estimate of drug-likeness (QED) is 0.553. The lowest BCUT2D eigenvalue weighted by Crippen LogP contribution is -2.16. The number of fused-ring (bicyclic) bond motifs is 1. The van der Waals surface area contributed by atoms with Crippen molar-refractivity contribution in [2.45, 2.75) is 33.8 Å². The molecule has 0 spiro atoms. The Kier molecular flexibility index (Phi) is 5.04. The second-order valence-electron chi connectivity index (χ2n) is 6.18. The lowest BCUT2D eigenvalue weighted by Gasteiger charge is -2.11. The molecule has 0 radical (unpaired) electrons. The highest BCUT2D eigenvalue weighted by molar-refractivity contribution is 7.18. The maximum atomic E-state index is 12.3. The van der Waals surface area contributed by atoms with Crippen molar-refractivity contribution in [2.75, 3.05) is 0 Å². The third-order valence-electron chi connectivity index (χ3n) is 4.32. The van der Waals surface area contributed by atoms with E-state index in [2.05, 4.69) is 9.97 Å². The molecule has 1 N–H and O–H groups in total. The Bertz CT molecular complexity index is 1060. The molecule has 0 bridgehead atoms. The van der Waals surface area contributed by atoms with Crippen LogP contribution in [-0.4, -0.2) is 15.9 Å². The molecule has 1 atom stereocenters. The molecule has 0 amide bonds. The summed E-state index contributed by atoms with van der Waals surface area (Å²) in [6, 6.07) is 7.76. The maximum absolute atomic E-state index is 12.3. The van der Waals surface area contributed by atoms with E-state index in [9.17, 15) is 9.59 Å². The number of hydrogen-bond donors (Lipinski definition) is 1. The fourth-order valence-electron chi connectivity index (χ4n) is 2.66. The molecule has 0 saturated carbocycles. The van der Waals surface area contributed by atoms with Gasteiger partial charge in [0.2, 0.25) is 0 Å². The van der Waals surface area contributed by atoms with Gasteiger partial charge in [0, 0.05) is 11.0 Å². The molecule has 0 aliphatic rings. The molecule has 2 heterocycles. The minimum absolute atomic E-state index is 0.204. The number of H-pyrrole nitrogens is 1. The number of esters is 1. The van der Waals surface area contributed by atoms with Crippen molar-refractivity contribution in [2.24, 2.45) is 0 Å². The fraction of sp³-hybridized carbons (Fsp3) is 0.250. The zero-order chi connectivity index (χ0) is 18.8. The maximum Gasteiger partial charge on any atom is 0.331 e. The van der Waals surface area contributed by atoms with Crippen LogP contribution in [0.4, 0.5) is 0 Å². The zero-order valence-electron chi connectivity index (χ0n) is 15.1. The van der Waals surface area contributed by atoms with Gasteiger partial charge in [0.1, 0.15) is 4.83 Å². The average molecular weight is 368 g/mol. The van der Waals surface area contributed by atoms with Crippen molar-refractivity contribution < 1.29 is 9.53 Å². The first-order valence-electron chi connectivity index (χ1n) is 8.31. The molecular weight excluding hydrogens is 348 g/mol. The van der Waals surface area contributed by atoms with Gasteiger partial charge >= 0.3 is 5.97 Å². The molecule has 1 aromatic carbocycles. The van der Waals surface area contributed by atoms with Crippen LogP contribution in [0.15, 0.2) is 35.1 Å². The van der Waals surface area contributed by atoms with Gasteiger partial charge in [-0.05, 0) is 50.5 Å². The van der Waals surface area contributed by atoms with Gasteiger partial charge in [-0.3, -0.25) is 4.79 Å². The minimum Gasteiger partial charge on any atom is -0.451 e. The van der Waals surface area contributed by atoms with Gasteiger partial charge in [-0.1, -0.05) is 24.3 Å². The zero-order valence-corrected chi connectivity index (χ0v) is 15.9. The summed E-state index contributed by atoms with van der Waals surface area (Å²) < 4.78 is 5.39. The molecular formula is C20H20N2O3S. The molecule has 5 nitrogen and oxygen atoms in total. The highest BCUT2D eigenvalue weighted by Gasteiger charge is 2.17. The number of rotatable bonds is 4. The van der Waals surface area contributed by atoms with Crippen LogP contribution in [-0.2, 0) is 9.53 Å². The van der Waals surface area contributed by atoms with E-state index < -0.39 is 12.1 Å². The van der Waals surface area contributed by atoms with Gasteiger partial charge in [0.05, 0.1) is 5.39 Å². The number of ether oxygens (including phenoxy) is 1. The summed E-state index contributed by atoms with van der Waals surface area (Å²) in [7, 11) is 0. The molecule has 0 aliphatic heterocycles. The highest BCUT2D eigenvalue weighted by Crippen LogP contribution is 2.26. The highest BCUT2D eigenvalue weighted by atomic mass is 32.1. The Balaban J connectivity index is 1.78. The third-order valence-corrected chi connectivity index (χ3v) is 5.42. The van der Waals surface area contributed by atoms with E-state index in [4.69, 9.17) is 4.74 Å². The van der Waals surface area contributed by atoms with Crippen LogP contribution in [0.2, 0.25) is 0 Å². The van der Waals surface area contributed by atoms with Crippen molar-refractivity contribution in [1.82, 2.24) is 9.97 Å². The van der Waals surface area contributed by atoms with E-state index in [-0.39, 0.29) is 5.56 Å². The van der Waals surface area contributed by atoms with Gasteiger partial charge < -0.3 is 9.72 Å². The van der Waals surface area contributed by atoms with Crippen molar-refractivity contribution >= 4 is 33.6 Å². The minimum atomic E-state index is -0.649. The molecule has 3 aromatic rings. The van der Waals surface area contributed by atoms with Crippen molar-refractivity contribution in [3.05, 3.63) is 68.1 Å². The number of carbonyl (C=O) groups excluding carboxylic acids is 1. The van der Waals surface area contributed by atoms with Crippen LogP contribution in [0.3, 0.4) is 0 Å². The first kappa shape index (κ1) is 18.1. The Morgan fingerprint density at radius 3 is 2.73 bits per heavy atom. The first-order valence-corrected chi connectivity index (χ1v) is 9.12. The number of carbonyl (C=O) groups is 1. The number of hydrogen-bond acceptors (Lipinski definition) is 5. The molecule has 0 unspecified atom stereocenters. The smallest absolute Gasteiger partial charge is 0.331 e. The number of benzene rings is 1. The normalized spacial score (nSPS) is 12.6. The molecule has 6 heteroatoms. The van der Waals surface area contributed by atoms with Gasteiger partial charge in [-0.15, -0.1) is 11.3 Å². The summed E-state index contributed by atoms with van der Waals surface area (Å²) in [5.41, 5.74) is 2.76. The lowest BCUT2D eigenvalue weighted by molar-refractivity contribution is -0.142. The summed E-state index contributed by atoms with van der Waals surface area (Å²) in [5, 5.41) is 0.606. The topological polar surface area (TPSA) is 72.0 Å². The molecule has 3 rings (SSSR count). The number of aromatic amines is 1. The van der Waals surface area contributed by atoms with Gasteiger partial charge in [0.15, 0.2) is 11.9 Å². The van der Waals surface area contributed by atoms with Crippen molar-refractivity contribution in [1.29, 1.82) is 0 Å². The molecule has 134 valence electrons. The molecule has 2 aromatic heterocycles. The van der Waals surface area contributed by atoms with Crippen LogP contribution in [0.5, 0.6) is 0 Å². The lowest BCUT2D eigenvalue weighted by atomic mass is 10.1. The number of nitrogens with one attached hydrogen (secondary N) is 1. The summed E-state index contributed by atoms with van der Waals surface area (Å²) in [4.78, 5) is 33.3. The average Bonchev–Trinajstić information content (AvgIpc) is 2.88. The number of aromatic nitrogens is 2. The van der Waals surface area contributed by atoms with Gasteiger partial charge in [0.25, 0.3) is 5.56 Å².